The topological polar surface area (TPSA) is 96.8 Å². The van der Waals surface area contributed by atoms with Crippen LogP contribution in [0, 0.1) is 14.9 Å². The maximum absolute atomic E-state index is 12.6. The summed E-state index contributed by atoms with van der Waals surface area (Å²) in [5, 5.41) is 12.6. The van der Waals surface area contributed by atoms with Crippen LogP contribution in [-0.4, -0.2) is 13.4 Å². The third-order valence-electron chi connectivity index (χ3n) is 1.64. The van der Waals surface area contributed by atoms with Gasteiger partial charge in [-0.3, -0.25) is 0 Å². The molecule has 0 amide bonds. The molecule has 0 saturated carbocycles. The molecule has 0 aliphatic carbocycles. The number of halogens is 3. The summed E-state index contributed by atoms with van der Waals surface area (Å²) in [6, 6.07) is 1.39. The maximum atomic E-state index is 12.6. The Bertz CT molecular complexity index is 568. The van der Waals surface area contributed by atoms with Gasteiger partial charge in [-0.2, -0.15) is 5.26 Å². The van der Waals surface area contributed by atoms with Crippen molar-refractivity contribution in [1.82, 2.24) is 4.98 Å². The van der Waals surface area contributed by atoms with Crippen LogP contribution in [0.5, 0.6) is 0 Å². The zero-order valence-corrected chi connectivity index (χ0v) is 10.5. The molecule has 9 heteroatoms. The van der Waals surface area contributed by atoms with E-state index in [1.165, 1.54) is 6.07 Å². The highest BCUT2D eigenvalue weighted by Crippen LogP contribution is 2.29. The SMILES string of the molecule is N#Cc1c(S(N)(=O)=O)ncc(I)c1C(F)F. The molecule has 1 aromatic rings. The van der Waals surface area contributed by atoms with Crippen LogP contribution in [0.15, 0.2) is 11.2 Å². The summed E-state index contributed by atoms with van der Waals surface area (Å²) in [4.78, 5) is 3.39. The fraction of sp³-hybridized carbons (Fsp3) is 0.143. The van der Waals surface area contributed by atoms with Gasteiger partial charge in [0, 0.05) is 9.77 Å². The van der Waals surface area contributed by atoms with E-state index in [0.717, 1.165) is 6.20 Å². The van der Waals surface area contributed by atoms with E-state index in [9.17, 15) is 17.2 Å². The van der Waals surface area contributed by atoms with E-state index in [-0.39, 0.29) is 3.57 Å². The average Bonchev–Trinajstić information content (AvgIpc) is 2.14. The van der Waals surface area contributed by atoms with Gasteiger partial charge in [-0.1, -0.05) is 0 Å². The number of hydrogen-bond acceptors (Lipinski definition) is 4. The molecule has 0 aliphatic rings. The van der Waals surface area contributed by atoms with Crippen LogP contribution < -0.4 is 5.14 Å². The van der Waals surface area contributed by atoms with Gasteiger partial charge in [-0.25, -0.2) is 27.3 Å². The van der Waals surface area contributed by atoms with Crippen LogP contribution >= 0.6 is 22.6 Å². The van der Waals surface area contributed by atoms with Crippen LogP contribution in [0.25, 0.3) is 0 Å². The third-order valence-corrected chi connectivity index (χ3v) is 3.34. The number of pyridine rings is 1. The van der Waals surface area contributed by atoms with Crippen molar-refractivity contribution in [1.29, 1.82) is 5.26 Å². The number of hydrogen-bond donors (Lipinski definition) is 1. The lowest BCUT2D eigenvalue weighted by molar-refractivity contribution is 0.149. The van der Waals surface area contributed by atoms with Crippen LogP contribution in [0.3, 0.4) is 0 Å². The van der Waals surface area contributed by atoms with Gasteiger partial charge in [0.05, 0.1) is 5.56 Å². The molecule has 0 bridgehead atoms. The van der Waals surface area contributed by atoms with Crippen LogP contribution in [0.2, 0.25) is 0 Å². The van der Waals surface area contributed by atoms with Gasteiger partial charge in [0.25, 0.3) is 16.4 Å². The lowest BCUT2D eigenvalue weighted by Crippen LogP contribution is -2.17. The molecule has 2 N–H and O–H groups in total. The summed E-state index contributed by atoms with van der Waals surface area (Å²) >= 11 is 1.54. The smallest absolute Gasteiger partial charge is 0.241 e. The Morgan fingerprint density at radius 2 is 2.12 bits per heavy atom. The van der Waals surface area contributed by atoms with Crippen molar-refractivity contribution in [3.8, 4) is 6.07 Å². The van der Waals surface area contributed by atoms with Crippen LogP contribution in [0.1, 0.15) is 17.6 Å². The number of nitrogens with zero attached hydrogens (tertiary/aromatic N) is 2. The Morgan fingerprint density at radius 3 is 2.50 bits per heavy atom. The average molecular weight is 359 g/mol. The molecular weight excluding hydrogens is 355 g/mol. The zero-order valence-electron chi connectivity index (χ0n) is 7.49. The van der Waals surface area contributed by atoms with Gasteiger partial charge in [-0.05, 0) is 22.6 Å². The molecule has 0 saturated heterocycles. The second-order valence-electron chi connectivity index (χ2n) is 2.66. The molecule has 86 valence electrons. The van der Waals surface area contributed by atoms with Crippen LogP contribution in [0.4, 0.5) is 8.78 Å². The second-order valence-corrected chi connectivity index (χ2v) is 5.30. The first-order valence-corrected chi connectivity index (χ1v) is 6.31. The van der Waals surface area contributed by atoms with Crippen molar-refractivity contribution in [2.24, 2.45) is 5.14 Å². The van der Waals surface area contributed by atoms with Crippen molar-refractivity contribution < 1.29 is 17.2 Å². The minimum absolute atomic E-state index is 0.0107. The van der Waals surface area contributed by atoms with Crippen molar-refractivity contribution >= 4 is 32.6 Å². The predicted octanol–water partition coefficient (Wildman–Crippen LogP) is 1.14. The van der Waals surface area contributed by atoms with E-state index < -0.39 is 32.6 Å². The Kier molecular flexibility index (Phi) is 3.76. The molecule has 5 nitrogen and oxygen atoms in total. The molecule has 0 radical (unpaired) electrons. The predicted molar refractivity (Wildman–Crippen MR) is 58.0 cm³/mol. The van der Waals surface area contributed by atoms with Gasteiger partial charge in [0.2, 0.25) is 0 Å². The van der Waals surface area contributed by atoms with E-state index in [0.29, 0.717) is 0 Å². The van der Waals surface area contributed by atoms with Gasteiger partial charge in [0.15, 0.2) is 5.03 Å². The second kappa shape index (κ2) is 4.56. The van der Waals surface area contributed by atoms with E-state index >= 15 is 0 Å². The fourth-order valence-electron chi connectivity index (χ4n) is 1.02. The molecule has 0 atom stereocenters. The van der Waals surface area contributed by atoms with E-state index in [2.05, 4.69) is 4.98 Å². The van der Waals surface area contributed by atoms with E-state index in [1.54, 1.807) is 22.6 Å². The number of alkyl halides is 2. The van der Waals surface area contributed by atoms with Gasteiger partial charge < -0.3 is 0 Å². The number of sulfonamides is 1. The highest BCUT2D eigenvalue weighted by molar-refractivity contribution is 14.1. The first-order chi connectivity index (χ1) is 7.29. The molecule has 0 spiro atoms. The highest BCUT2D eigenvalue weighted by atomic mass is 127. The van der Waals surface area contributed by atoms with Crippen LogP contribution in [-0.2, 0) is 10.0 Å². The van der Waals surface area contributed by atoms with E-state index in [1.807, 2.05) is 0 Å². The molecule has 0 aromatic carbocycles. The minimum Gasteiger partial charge on any atom is -0.241 e. The van der Waals surface area contributed by atoms with E-state index in [4.69, 9.17) is 10.4 Å². The summed E-state index contributed by atoms with van der Waals surface area (Å²) in [6.45, 7) is 0. The Balaban J connectivity index is 3.72. The summed E-state index contributed by atoms with van der Waals surface area (Å²) < 4.78 is 47.3. The minimum atomic E-state index is -4.29. The largest absolute Gasteiger partial charge is 0.266 e. The van der Waals surface area contributed by atoms with Crippen molar-refractivity contribution in [3.05, 3.63) is 20.9 Å². The molecule has 16 heavy (non-hydrogen) atoms. The van der Waals surface area contributed by atoms with Crippen molar-refractivity contribution in [2.75, 3.05) is 0 Å². The van der Waals surface area contributed by atoms with Crippen molar-refractivity contribution in [3.63, 3.8) is 0 Å². The first-order valence-electron chi connectivity index (χ1n) is 3.68. The fourth-order valence-corrected chi connectivity index (χ4v) is 2.31. The monoisotopic (exact) mass is 359 g/mol. The number of aromatic nitrogens is 1. The van der Waals surface area contributed by atoms with Gasteiger partial charge in [0.1, 0.15) is 11.6 Å². The lowest BCUT2D eigenvalue weighted by atomic mass is 10.1. The maximum Gasteiger partial charge on any atom is 0.266 e. The number of nitrogens with two attached hydrogens (primary N) is 1. The standard InChI is InChI=1S/C7H4F2IN3O2S/c8-6(9)5-3(1-11)7(16(12,14)15)13-2-4(5)10/h2,6H,(H2,12,14,15). The van der Waals surface area contributed by atoms with Crippen molar-refractivity contribution in [2.45, 2.75) is 11.5 Å². The number of primary sulfonamides is 1. The third kappa shape index (κ3) is 2.45. The summed E-state index contributed by atoms with van der Waals surface area (Å²) in [5.74, 6) is 0. The Labute approximate surface area is 103 Å². The molecule has 1 aromatic heterocycles. The number of rotatable bonds is 2. The zero-order chi connectivity index (χ0) is 12.5. The Morgan fingerprint density at radius 1 is 1.56 bits per heavy atom. The molecule has 1 heterocycles. The molecule has 0 fully saturated rings. The number of nitriles is 1. The summed E-state index contributed by atoms with van der Waals surface area (Å²) in [5.41, 5.74) is -1.37. The summed E-state index contributed by atoms with van der Waals surface area (Å²) in [7, 11) is -4.29. The van der Waals surface area contributed by atoms with Gasteiger partial charge >= 0.3 is 0 Å². The first kappa shape index (κ1) is 13.2. The quantitative estimate of drug-likeness (QED) is 0.801. The van der Waals surface area contributed by atoms with Gasteiger partial charge in [-0.15, -0.1) is 0 Å². The molecule has 1 rings (SSSR count). The molecule has 0 unspecified atom stereocenters. The molecular formula is C7H4F2IN3O2S. The molecule has 0 aliphatic heterocycles. The highest BCUT2D eigenvalue weighted by Gasteiger charge is 2.25. The Hall–Kier alpha value is -0.860. The lowest BCUT2D eigenvalue weighted by Gasteiger charge is -2.08. The summed E-state index contributed by atoms with van der Waals surface area (Å²) in [6.07, 6.45) is -2.03. The normalized spacial score (nSPS) is 11.5.